The van der Waals surface area contributed by atoms with Gasteiger partial charge in [0.15, 0.2) is 15.8 Å². The van der Waals surface area contributed by atoms with Gasteiger partial charge in [-0.25, -0.2) is 8.42 Å². The Bertz CT molecular complexity index is 813. The van der Waals surface area contributed by atoms with E-state index in [1.165, 1.54) is 18.4 Å². The number of aryl methyl sites for hydroxylation is 1. The molecule has 0 aliphatic rings. The van der Waals surface area contributed by atoms with Gasteiger partial charge in [-0.2, -0.15) is 5.10 Å². The number of ether oxygens (including phenoxy) is 1. The molecule has 1 aromatic carbocycles. The zero-order valence-corrected chi connectivity index (χ0v) is 15.4. The lowest BCUT2D eigenvalue weighted by Gasteiger charge is -2.12. The van der Waals surface area contributed by atoms with E-state index in [9.17, 15) is 8.42 Å². The van der Waals surface area contributed by atoms with Gasteiger partial charge in [0.1, 0.15) is 12.4 Å². The van der Waals surface area contributed by atoms with Crippen molar-refractivity contribution >= 4 is 15.8 Å². The fourth-order valence-electron chi connectivity index (χ4n) is 2.09. The molecule has 0 aliphatic carbocycles. The maximum absolute atomic E-state index is 11.4. The van der Waals surface area contributed by atoms with Gasteiger partial charge in [0.2, 0.25) is 0 Å². The van der Waals surface area contributed by atoms with Crippen LogP contribution in [0.4, 0.5) is 0 Å². The maximum atomic E-state index is 11.4. The van der Waals surface area contributed by atoms with E-state index in [1.54, 1.807) is 30.1 Å². The van der Waals surface area contributed by atoms with Crippen molar-refractivity contribution in [3.63, 3.8) is 0 Å². The minimum Gasteiger partial charge on any atom is -0.492 e. The lowest BCUT2D eigenvalue weighted by Crippen LogP contribution is -2.39. The Labute approximate surface area is 147 Å². The molecular formula is C16H23N5O3S. The Morgan fingerprint density at radius 1 is 1.24 bits per heavy atom. The van der Waals surface area contributed by atoms with Gasteiger partial charge >= 0.3 is 0 Å². The van der Waals surface area contributed by atoms with Crippen LogP contribution in [0.15, 0.2) is 46.4 Å². The summed E-state index contributed by atoms with van der Waals surface area (Å²) in [6.07, 6.45) is 2.92. The molecule has 1 heterocycles. The fraction of sp³-hybridized carbons (Fsp3) is 0.375. The molecule has 9 heteroatoms. The van der Waals surface area contributed by atoms with Gasteiger partial charge < -0.3 is 15.4 Å². The van der Waals surface area contributed by atoms with Crippen LogP contribution < -0.4 is 15.4 Å². The van der Waals surface area contributed by atoms with E-state index in [-0.39, 0.29) is 4.90 Å². The Morgan fingerprint density at radius 3 is 2.52 bits per heavy atom. The molecule has 0 atom stereocenters. The normalized spacial score (nSPS) is 12.0. The van der Waals surface area contributed by atoms with Crippen LogP contribution in [0.1, 0.15) is 5.69 Å². The van der Waals surface area contributed by atoms with Crippen LogP contribution in [-0.4, -0.2) is 50.6 Å². The first-order chi connectivity index (χ1) is 11.9. The van der Waals surface area contributed by atoms with Crippen molar-refractivity contribution in [1.29, 1.82) is 0 Å². The average molecular weight is 365 g/mol. The molecule has 0 aliphatic heterocycles. The summed E-state index contributed by atoms with van der Waals surface area (Å²) in [6, 6.07) is 8.29. The van der Waals surface area contributed by atoms with Crippen molar-refractivity contribution in [1.82, 2.24) is 20.4 Å². The smallest absolute Gasteiger partial charge is 0.191 e. The third-order valence-electron chi connectivity index (χ3n) is 3.50. The number of sulfone groups is 1. The van der Waals surface area contributed by atoms with Crippen LogP contribution in [0.25, 0.3) is 0 Å². The van der Waals surface area contributed by atoms with E-state index >= 15 is 0 Å². The van der Waals surface area contributed by atoms with E-state index < -0.39 is 9.84 Å². The summed E-state index contributed by atoms with van der Waals surface area (Å²) in [4.78, 5) is 4.42. The highest BCUT2D eigenvalue weighted by molar-refractivity contribution is 7.90. The Balaban J connectivity index is 1.73. The number of hydrogen-bond donors (Lipinski definition) is 2. The van der Waals surface area contributed by atoms with Gasteiger partial charge in [0.25, 0.3) is 0 Å². The minimum atomic E-state index is -3.19. The summed E-state index contributed by atoms with van der Waals surface area (Å²) in [5, 5.41) is 10.4. The van der Waals surface area contributed by atoms with Crippen molar-refractivity contribution < 1.29 is 13.2 Å². The van der Waals surface area contributed by atoms with Crippen LogP contribution in [-0.2, 0) is 23.4 Å². The largest absolute Gasteiger partial charge is 0.492 e. The second-order valence-corrected chi connectivity index (χ2v) is 7.41. The van der Waals surface area contributed by atoms with Gasteiger partial charge in [0, 0.05) is 26.5 Å². The molecule has 8 nitrogen and oxygen atoms in total. The molecule has 0 unspecified atom stereocenters. The topological polar surface area (TPSA) is 97.6 Å². The summed E-state index contributed by atoms with van der Waals surface area (Å²) in [6.45, 7) is 1.59. The number of aliphatic imine (C=N–C) groups is 1. The molecule has 0 fully saturated rings. The zero-order valence-electron chi connectivity index (χ0n) is 14.6. The van der Waals surface area contributed by atoms with E-state index in [4.69, 9.17) is 4.74 Å². The van der Waals surface area contributed by atoms with Gasteiger partial charge in [0.05, 0.1) is 23.7 Å². The molecule has 25 heavy (non-hydrogen) atoms. The number of benzene rings is 1. The Morgan fingerprint density at radius 2 is 1.96 bits per heavy atom. The molecule has 2 rings (SSSR count). The van der Waals surface area contributed by atoms with Crippen LogP contribution in [0, 0.1) is 0 Å². The molecule has 0 spiro atoms. The molecular weight excluding hydrogens is 342 g/mol. The van der Waals surface area contributed by atoms with E-state index in [0.717, 1.165) is 5.69 Å². The van der Waals surface area contributed by atoms with Crippen LogP contribution in [0.3, 0.4) is 0 Å². The number of aromatic nitrogens is 2. The second kappa shape index (κ2) is 8.52. The van der Waals surface area contributed by atoms with Crippen molar-refractivity contribution in [2.45, 2.75) is 11.4 Å². The highest BCUT2D eigenvalue weighted by atomic mass is 32.2. The minimum absolute atomic E-state index is 0.276. The number of rotatable bonds is 7. The third kappa shape index (κ3) is 5.79. The van der Waals surface area contributed by atoms with Gasteiger partial charge in [-0.3, -0.25) is 9.67 Å². The Kier molecular flexibility index (Phi) is 6.40. The maximum Gasteiger partial charge on any atom is 0.191 e. The first kappa shape index (κ1) is 18.8. The molecule has 0 radical (unpaired) electrons. The third-order valence-corrected chi connectivity index (χ3v) is 4.63. The first-order valence-electron chi connectivity index (χ1n) is 7.74. The first-order valence-corrected chi connectivity index (χ1v) is 9.63. The van der Waals surface area contributed by atoms with Crippen molar-refractivity contribution in [3.8, 4) is 5.75 Å². The summed E-state index contributed by atoms with van der Waals surface area (Å²) in [7, 11) is 0.397. The lowest BCUT2D eigenvalue weighted by molar-refractivity contribution is 0.321. The van der Waals surface area contributed by atoms with Crippen molar-refractivity contribution in [2.75, 3.05) is 26.5 Å². The number of guanidine groups is 1. The number of hydrogen-bond acceptors (Lipinski definition) is 5. The molecule has 0 amide bonds. The van der Waals surface area contributed by atoms with E-state index in [2.05, 4.69) is 20.7 Å². The summed E-state index contributed by atoms with van der Waals surface area (Å²) < 4.78 is 30.2. The summed E-state index contributed by atoms with van der Waals surface area (Å²) in [5.41, 5.74) is 1.05. The number of nitrogens with zero attached hydrogens (tertiary/aromatic N) is 3. The van der Waals surface area contributed by atoms with Gasteiger partial charge in [-0.05, 0) is 30.3 Å². The highest BCUT2D eigenvalue weighted by Gasteiger charge is 2.06. The van der Waals surface area contributed by atoms with Crippen LogP contribution >= 0.6 is 0 Å². The summed E-state index contributed by atoms with van der Waals surface area (Å²) >= 11 is 0. The molecule has 0 saturated heterocycles. The standard InChI is InChI=1S/C16H23N5O3S/c1-17-16(19-12-13-8-9-20-21(13)2)18-10-11-24-14-4-6-15(7-5-14)25(3,22)23/h4-9H,10-12H2,1-3H3,(H2,17,18,19). The lowest BCUT2D eigenvalue weighted by atomic mass is 10.3. The fourth-order valence-corrected chi connectivity index (χ4v) is 2.72. The van der Waals surface area contributed by atoms with Crippen LogP contribution in [0.5, 0.6) is 5.75 Å². The van der Waals surface area contributed by atoms with E-state index in [1.807, 2.05) is 13.1 Å². The van der Waals surface area contributed by atoms with Gasteiger partial charge in [-0.1, -0.05) is 0 Å². The quantitative estimate of drug-likeness (QED) is 0.423. The SMILES string of the molecule is CN=C(NCCOc1ccc(S(C)(=O)=O)cc1)NCc1ccnn1C. The predicted octanol–water partition coefficient (Wildman–Crippen LogP) is 0.568. The zero-order chi connectivity index (χ0) is 18.3. The van der Waals surface area contributed by atoms with Crippen molar-refractivity contribution in [3.05, 3.63) is 42.2 Å². The van der Waals surface area contributed by atoms with E-state index in [0.29, 0.717) is 31.4 Å². The average Bonchev–Trinajstić information content (AvgIpc) is 2.99. The van der Waals surface area contributed by atoms with Crippen molar-refractivity contribution in [2.24, 2.45) is 12.0 Å². The number of nitrogens with one attached hydrogen (secondary N) is 2. The predicted molar refractivity (Wildman–Crippen MR) is 96.5 cm³/mol. The van der Waals surface area contributed by atoms with Gasteiger partial charge in [-0.15, -0.1) is 0 Å². The molecule has 2 aromatic rings. The molecule has 2 N–H and O–H groups in total. The molecule has 0 saturated carbocycles. The summed E-state index contributed by atoms with van der Waals surface area (Å²) in [5.74, 6) is 1.28. The molecule has 136 valence electrons. The molecule has 1 aromatic heterocycles. The monoisotopic (exact) mass is 365 g/mol. The van der Waals surface area contributed by atoms with Crippen LogP contribution in [0.2, 0.25) is 0 Å². The highest BCUT2D eigenvalue weighted by Crippen LogP contribution is 2.15. The second-order valence-electron chi connectivity index (χ2n) is 5.39. The Hall–Kier alpha value is -2.55. The molecule has 0 bridgehead atoms.